The minimum absolute atomic E-state index is 0.129. The van der Waals surface area contributed by atoms with Gasteiger partial charge in [0.25, 0.3) is 0 Å². The molecule has 1 aromatic heterocycles. The molecular formula is C9H18N4O. The summed E-state index contributed by atoms with van der Waals surface area (Å²) in [6.07, 6.45) is 2.71. The molecule has 0 aliphatic heterocycles. The maximum atomic E-state index is 5.40. The molecule has 0 aliphatic rings. The predicted molar refractivity (Wildman–Crippen MR) is 54.5 cm³/mol. The normalized spacial score (nSPS) is 13.1. The summed E-state index contributed by atoms with van der Waals surface area (Å²) in [6.45, 7) is 3.29. The summed E-state index contributed by atoms with van der Waals surface area (Å²) in [5.74, 6) is 5.40. The molecule has 1 heterocycles. The van der Waals surface area contributed by atoms with Crippen molar-refractivity contribution in [3.8, 4) is 0 Å². The second-order valence-electron chi connectivity index (χ2n) is 3.21. The van der Waals surface area contributed by atoms with Crippen LogP contribution in [0.5, 0.6) is 0 Å². The van der Waals surface area contributed by atoms with Gasteiger partial charge < -0.3 is 4.74 Å². The summed E-state index contributed by atoms with van der Waals surface area (Å²) in [6, 6.07) is 2.11. The minimum Gasteiger partial charge on any atom is -0.380 e. The number of ether oxygens (including phenoxy) is 1. The van der Waals surface area contributed by atoms with E-state index < -0.39 is 0 Å². The number of nitrogens with zero attached hydrogens (tertiary/aromatic N) is 2. The Kier molecular flexibility index (Phi) is 4.58. The predicted octanol–water partition coefficient (Wildman–Crippen LogP) is -0.169. The molecule has 5 heteroatoms. The molecule has 0 aliphatic carbocycles. The molecule has 3 N–H and O–H groups in total. The molecule has 1 rings (SSSR count). The standard InChI is InChI=1S/C9H18N4O/c1-3-14-7-9(11-10)6-8-4-5-13(2)12-8/h4-5,9,11H,3,6-7,10H2,1-2H3. The second kappa shape index (κ2) is 5.74. The van der Waals surface area contributed by atoms with Crippen molar-refractivity contribution in [3.63, 3.8) is 0 Å². The molecule has 0 radical (unpaired) electrons. The van der Waals surface area contributed by atoms with Gasteiger partial charge >= 0.3 is 0 Å². The molecule has 0 amide bonds. The smallest absolute Gasteiger partial charge is 0.0641 e. The Hall–Kier alpha value is -0.910. The number of aromatic nitrogens is 2. The summed E-state index contributed by atoms with van der Waals surface area (Å²) in [4.78, 5) is 0. The van der Waals surface area contributed by atoms with Gasteiger partial charge in [0.15, 0.2) is 0 Å². The third-order valence-electron chi connectivity index (χ3n) is 1.98. The lowest BCUT2D eigenvalue weighted by molar-refractivity contribution is 0.122. The Morgan fingerprint density at radius 1 is 1.71 bits per heavy atom. The third-order valence-corrected chi connectivity index (χ3v) is 1.98. The molecule has 0 bridgehead atoms. The molecular weight excluding hydrogens is 180 g/mol. The van der Waals surface area contributed by atoms with Crippen molar-refractivity contribution < 1.29 is 4.74 Å². The van der Waals surface area contributed by atoms with Crippen molar-refractivity contribution in [3.05, 3.63) is 18.0 Å². The van der Waals surface area contributed by atoms with Gasteiger partial charge in [-0.1, -0.05) is 0 Å². The zero-order valence-corrected chi connectivity index (χ0v) is 8.73. The molecule has 0 saturated carbocycles. The maximum absolute atomic E-state index is 5.40. The van der Waals surface area contributed by atoms with Gasteiger partial charge in [0, 0.05) is 26.3 Å². The van der Waals surface area contributed by atoms with E-state index in [9.17, 15) is 0 Å². The van der Waals surface area contributed by atoms with Gasteiger partial charge in [-0.2, -0.15) is 5.10 Å². The first-order valence-electron chi connectivity index (χ1n) is 4.78. The van der Waals surface area contributed by atoms with Gasteiger partial charge in [0.1, 0.15) is 0 Å². The number of hydrazine groups is 1. The molecule has 1 aromatic rings. The van der Waals surface area contributed by atoms with Crippen LogP contribution in [0.25, 0.3) is 0 Å². The van der Waals surface area contributed by atoms with E-state index in [-0.39, 0.29) is 6.04 Å². The first-order valence-corrected chi connectivity index (χ1v) is 4.78. The van der Waals surface area contributed by atoms with Crippen LogP contribution in [0.15, 0.2) is 12.3 Å². The highest BCUT2D eigenvalue weighted by Crippen LogP contribution is 1.99. The van der Waals surface area contributed by atoms with Gasteiger partial charge in [-0.15, -0.1) is 0 Å². The zero-order chi connectivity index (χ0) is 10.4. The third kappa shape index (κ3) is 3.45. The number of rotatable bonds is 6. The fourth-order valence-electron chi connectivity index (χ4n) is 1.25. The van der Waals surface area contributed by atoms with E-state index >= 15 is 0 Å². The van der Waals surface area contributed by atoms with E-state index in [0.29, 0.717) is 13.2 Å². The molecule has 0 saturated heterocycles. The van der Waals surface area contributed by atoms with Crippen molar-refractivity contribution in [2.24, 2.45) is 12.9 Å². The number of hydrogen-bond donors (Lipinski definition) is 2. The lowest BCUT2D eigenvalue weighted by Gasteiger charge is -2.13. The van der Waals surface area contributed by atoms with E-state index in [1.54, 1.807) is 4.68 Å². The van der Waals surface area contributed by atoms with Gasteiger partial charge in [-0.05, 0) is 13.0 Å². The van der Waals surface area contributed by atoms with Crippen LogP contribution in [-0.4, -0.2) is 29.0 Å². The minimum atomic E-state index is 0.129. The van der Waals surface area contributed by atoms with Crippen LogP contribution >= 0.6 is 0 Å². The first kappa shape index (κ1) is 11.2. The Balaban J connectivity index is 2.40. The highest BCUT2D eigenvalue weighted by Gasteiger charge is 2.09. The van der Waals surface area contributed by atoms with Gasteiger partial charge in [-0.3, -0.25) is 16.0 Å². The van der Waals surface area contributed by atoms with E-state index in [0.717, 1.165) is 12.1 Å². The Bertz CT molecular complexity index is 261. The zero-order valence-electron chi connectivity index (χ0n) is 8.73. The van der Waals surface area contributed by atoms with Crippen LogP contribution < -0.4 is 11.3 Å². The van der Waals surface area contributed by atoms with E-state index in [1.807, 2.05) is 26.2 Å². The highest BCUT2D eigenvalue weighted by molar-refractivity contribution is 5.01. The lowest BCUT2D eigenvalue weighted by Crippen LogP contribution is -2.40. The highest BCUT2D eigenvalue weighted by atomic mass is 16.5. The fraction of sp³-hybridized carbons (Fsp3) is 0.667. The number of aryl methyl sites for hydroxylation is 1. The van der Waals surface area contributed by atoms with Gasteiger partial charge in [-0.25, -0.2) is 0 Å². The summed E-state index contributed by atoms with van der Waals surface area (Å²) < 4.78 is 7.07. The molecule has 1 atom stereocenters. The summed E-state index contributed by atoms with van der Waals surface area (Å²) in [5.41, 5.74) is 3.74. The molecule has 0 spiro atoms. The molecule has 1 unspecified atom stereocenters. The Morgan fingerprint density at radius 3 is 3.00 bits per heavy atom. The molecule has 80 valence electrons. The number of nitrogens with two attached hydrogens (primary N) is 1. The van der Waals surface area contributed by atoms with Crippen molar-refractivity contribution in [1.82, 2.24) is 15.2 Å². The summed E-state index contributed by atoms with van der Waals surface area (Å²) in [5, 5.41) is 4.27. The number of hydrogen-bond acceptors (Lipinski definition) is 4. The SMILES string of the molecule is CCOCC(Cc1ccn(C)n1)NN. The first-order chi connectivity index (χ1) is 6.76. The van der Waals surface area contributed by atoms with Crippen LogP contribution in [0, 0.1) is 0 Å². The van der Waals surface area contributed by atoms with E-state index in [2.05, 4.69) is 10.5 Å². The molecule has 5 nitrogen and oxygen atoms in total. The van der Waals surface area contributed by atoms with Crippen LogP contribution in [0.3, 0.4) is 0 Å². The molecule has 0 fully saturated rings. The van der Waals surface area contributed by atoms with Crippen molar-refractivity contribution >= 4 is 0 Å². The quantitative estimate of drug-likeness (QED) is 0.492. The number of nitrogens with one attached hydrogen (secondary N) is 1. The van der Waals surface area contributed by atoms with Crippen LogP contribution in [0.1, 0.15) is 12.6 Å². The molecule has 0 aromatic carbocycles. The van der Waals surface area contributed by atoms with Crippen LogP contribution in [-0.2, 0) is 18.2 Å². The molecule has 14 heavy (non-hydrogen) atoms. The Morgan fingerprint density at radius 2 is 2.50 bits per heavy atom. The summed E-state index contributed by atoms with van der Waals surface area (Å²) in [7, 11) is 1.90. The fourth-order valence-corrected chi connectivity index (χ4v) is 1.25. The van der Waals surface area contributed by atoms with Crippen molar-refractivity contribution in [2.75, 3.05) is 13.2 Å². The van der Waals surface area contributed by atoms with Gasteiger partial charge in [0.05, 0.1) is 18.3 Å². The van der Waals surface area contributed by atoms with E-state index in [1.165, 1.54) is 0 Å². The lowest BCUT2D eigenvalue weighted by atomic mass is 10.2. The maximum Gasteiger partial charge on any atom is 0.0641 e. The summed E-state index contributed by atoms with van der Waals surface area (Å²) >= 11 is 0. The second-order valence-corrected chi connectivity index (χ2v) is 3.21. The monoisotopic (exact) mass is 198 g/mol. The average molecular weight is 198 g/mol. The van der Waals surface area contributed by atoms with Crippen molar-refractivity contribution in [1.29, 1.82) is 0 Å². The topological polar surface area (TPSA) is 65.1 Å². The van der Waals surface area contributed by atoms with Gasteiger partial charge in [0.2, 0.25) is 0 Å². The van der Waals surface area contributed by atoms with Crippen LogP contribution in [0.4, 0.5) is 0 Å². The van der Waals surface area contributed by atoms with Crippen molar-refractivity contribution in [2.45, 2.75) is 19.4 Å². The largest absolute Gasteiger partial charge is 0.380 e. The average Bonchev–Trinajstić information content (AvgIpc) is 2.58. The Labute approximate surface area is 84.2 Å². The van der Waals surface area contributed by atoms with Crippen LogP contribution in [0.2, 0.25) is 0 Å². The van der Waals surface area contributed by atoms with E-state index in [4.69, 9.17) is 10.6 Å².